The molecule has 0 radical (unpaired) electrons. The highest BCUT2D eigenvalue weighted by Crippen LogP contribution is 2.30. The van der Waals surface area contributed by atoms with Crippen LogP contribution in [0.15, 0.2) is 67.3 Å². The van der Waals surface area contributed by atoms with Gasteiger partial charge in [0.1, 0.15) is 11.5 Å². The van der Waals surface area contributed by atoms with Gasteiger partial charge in [-0.1, -0.05) is 12.1 Å². The van der Waals surface area contributed by atoms with Crippen molar-refractivity contribution in [3.8, 4) is 22.5 Å². The highest BCUT2D eigenvalue weighted by molar-refractivity contribution is 5.78. The molecule has 1 aromatic carbocycles. The van der Waals surface area contributed by atoms with Crippen LogP contribution in [-0.2, 0) is 17.7 Å². The van der Waals surface area contributed by atoms with Gasteiger partial charge in [-0.2, -0.15) is 5.10 Å². The zero-order valence-corrected chi connectivity index (χ0v) is 22.7. The zero-order valence-electron chi connectivity index (χ0n) is 22.7. The molecule has 8 heteroatoms. The van der Waals surface area contributed by atoms with Crippen molar-refractivity contribution in [3.63, 3.8) is 0 Å². The molecule has 202 valence electrons. The number of piperazine rings is 1. The summed E-state index contributed by atoms with van der Waals surface area (Å²) in [5.74, 6) is 1.65. The second kappa shape index (κ2) is 12.1. The van der Waals surface area contributed by atoms with Gasteiger partial charge >= 0.3 is 0 Å². The maximum absolute atomic E-state index is 5.83. The first-order chi connectivity index (χ1) is 19.2. The minimum atomic E-state index is 0.687. The average Bonchev–Trinajstić information content (AvgIpc) is 3.72. The maximum Gasteiger partial charge on any atom is 0.133 e. The van der Waals surface area contributed by atoms with Crippen molar-refractivity contribution in [1.82, 2.24) is 29.6 Å². The highest BCUT2D eigenvalue weighted by Gasteiger charge is 2.22. The fourth-order valence-corrected chi connectivity index (χ4v) is 5.09. The van der Waals surface area contributed by atoms with Gasteiger partial charge in [-0.15, -0.1) is 0 Å². The van der Waals surface area contributed by atoms with Crippen LogP contribution in [0.25, 0.3) is 22.5 Å². The quantitative estimate of drug-likeness (QED) is 0.267. The second-order valence-electron chi connectivity index (χ2n) is 10.5. The summed E-state index contributed by atoms with van der Waals surface area (Å²) >= 11 is 0. The molecule has 0 N–H and O–H groups in total. The van der Waals surface area contributed by atoms with Gasteiger partial charge < -0.3 is 9.64 Å². The van der Waals surface area contributed by atoms with Gasteiger partial charge in [0.15, 0.2) is 0 Å². The molecule has 0 unspecified atom stereocenters. The second-order valence-corrected chi connectivity index (χ2v) is 10.5. The number of anilines is 1. The summed E-state index contributed by atoms with van der Waals surface area (Å²) in [7, 11) is 0. The van der Waals surface area contributed by atoms with E-state index in [1.807, 2.05) is 35.3 Å². The van der Waals surface area contributed by atoms with Crippen molar-refractivity contribution in [2.24, 2.45) is 5.92 Å². The van der Waals surface area contributed by atoms with Crippen LogP contribution in [0.1, 0.15) is 31.2 Å². The first kappa shape index (κ1) is 25.6. The van der Waals surface area contributed by atoms with Crippen LogP contribution < -0.4 is 4.90 Å². The van der Waals surface area contributed by atoms with Crippen molar-refractivity contribution in [2.75, 3.05) is 50.8 Å². The summed E-state index contributed by atoms with van der Waals surface area (Å²) in [4.78, 5) is 18.8. The number of nitrogens with zero attached hydrogens (tertiary/aromatic N) is 7. The third-order valence-corrected chi connectivity index (χ3v) is 7.64. The number of ether oxygens (including phenoxy) is 1. The standard InChI is InChI=1S/C31H37N7O/c1-2-38-22-28(31(35-38)26-4-3-12-32-21-26)29-11-13-33-30(34-29)20-24-7-9-27(10-8-24)37-16-14-36(15-17-37)18-19-39-23-25-5-6-25/h3-4,7-13,21-22,25H,2,5-6,14-20,23H2,1H3. The van der Waals surface area contributed by atoms with Gasteiger partial charge in [-0.3, -0.25) is 14.6 Å². The molecule has 6 rings (SSSR count). The van der Waals surface area contributed by atoms with Gasteiger partial charge in [-0.25, -0.2) is 9.97 Å². The Morgan fingerprint density at radius 2 is 1.82 bits per heavy atom. The number of aryl methyl sites for hydroxylation is 1. The topological polar surface area (TPSA) is 72.2 Å². The lowest BCUT2D eigenvalue weighted by molar-refractivity contribution is 0.0943. The maximum atomic E-state index is 5.83. The number of hydrogen-bond donors (Lipinski definition) is 0. The molecule has 1 aliphatic carbocycles. The molecule has 1 saturated heterocycles. The third-order valence-electron chi connectivity index (χ3n) is 7.64. The van der Waals surface area contributed by atoms with E-state index in [1.165, 1.54) is 24.1 Å². The molecule has 1 saturated carbocycles. The Kier molecular flexibility index (Phi) is 7.93. The van der Waals surface area contributed by atoms with E-state index in [-0.39, 0.29) is 0 Å². The SMILES string of the molecule is CCn1cc(-c2ccnc(Cc3ccc(N4CCN(CCOCC5CC5)CC4)cc3)n2)c(-c2cccnc2)n1. The largest absolute Gasteiger partial charge is 0.380 e. The molecule has 4 aromatic rings. The van der Waals surface area contributed by atoms with Crippen LogP contribution in [0, 0.1) is 5.92 Å². The number of rotatable bonds is 11. The fraction of sp³-hybridized carbons (Fsp3) is 0.419. The molecule has 39 heavy (non-hydrogen) atoms. The fourth-order valence-electron chi connectivity index (χ4n) is 5.09. The molecule has 3 aromatic heterocycles. The van der Waals surface area contributed by atoms with Crippen LogP contribution in [0.4, 0.5) is 5.69 Å². The Morgan fingerprint density at radius 1 is 0.974 bits per heavy atom. The predicted molar refractivity (Wildman–Crippen MR) is 154 cm³/mol. The summed E-state index contributed by atoms with van der Waals surface area (Å²) < 4.78 is 7.77. The summed E-state index contributed by atoms with van der Waals surface area (Å²) in [5.41, 5.74) is 6.25. The normalized spacial score (nSPS) is 16.1. The molecule has 0 bridgehead atoms. The van der Waals surface area contributed by atoms with Crippen molar-refractivity contribution in [2.45, 2.75) is 32.7 Å². The van der Waals surface area contributed by atoms with Gasteiger partial charge in [-0.05, 0) is 61.6 Å². The lowest BCUT2D eigenvalue weighted by Crippen LogP contribution is -2.47. The molecule has 1 aliphatic heterocycles. The number of aromatic nitrogens is 5. The highest BCUT2D eigenvalue weighted by atomic mass is 16.5. The molecule has 0 spiro atoms. The summed E-state index contributed by atoms with van der Waals surface area (Å²) in [6.45, 7) is 10.0. The van der Waals surface area contributed by atoms with Gasteiger partial charge in [0.2, 0.25) is 0 Å². The van der Waals surface area contributed by atoms with Gasteiger partial charge in [0.05, 0.1) is 12.3 Å². The molecule has 2 aliphatic rings. The van der Waals surface area contributed by atoms with Crippen molar-refractivity contribution in [1.29, 1.82) is 0 Å². The van der Waals surface area contributed by atoms with E-state index < -0.39 is 0 Å². The first-order valence-corrected chi connectivity index (χ1v) is 14.2. The van der Waals surface area contributed by atoms with E-state index >= 15 is 0 Å². The van der Waals surface area contributed by atoms with Crippen molar-refractivity contribution < 1.29 is 4.74 Å². The van der Waals surface area contributed by atoms with E-state index in [1.54, 1.807) is 6.20 Å². The monoisotopic (exact) mass is 523 g/mol. The lowest BCUT2D eigenvalue weighted by Gasteiger charge is -2.36. The van der Waals surface area contributed by atoms with Crippen molar-refractivity contribution >= 4 is 5.69 Å². The zero-order chi connectivity index (χ0) is 26.4. The Hall–Kier alpha value is -3.62. The molecular weight excluding hydrogens is 486 g/mol. The average molecular weight is 524 g/mol. The first-order valence-electron chi connectivity index (χ1n) is 14.2. The molecule has 0 amide bonds. The Morgan fingerprint density at radius 3 is 2.56 bits per heavy atom. The molecule has 0 atom stereocenters. The molecular formula is C31H37N7O. The lowest BCUT2D eigenvalue weighted by atomic mass is 10.1. The van der Waals surface area contributed by atoms with Crippen LogP contribution in [0.3, 0.4) is 0 Å². The summed E-state index contributed by atoms with van der Waals surface area (Å²) in [6, 6.07) is 14.8. The van der Waals surface area contributed by atoms with E-state index in [0.29, 0.717) is 6.42 Å². The van der Waals surface area contributed by atoms with E-state index in [9.17, 15) is 0 Å². The van der Waals surface area contributed by atoms with Crippen LogP contribution in [0.5, 0.6) is 0 Å². The number of hydrogen-bond acceptors (Lipinski definition) is 7. The molecule has 4 heterocycles. The van der Waals surface area contributed by atoms with Gasteiger partial charge in [0, 0.05) is 93.9 Å². The Balaban J connectivity index is 1.07. The van der Waals surface area contributed by atoms with E-state index in [4.69, 9.17) is 14.8 Å². The van der Waals surface area contributed by atoms with Crippen LogP contribution in [-0.4, -0.2) is 75.6 Å². The predicted octanol–water partition coefficient (Wildman–Crippen LogP) is 4.56. The Bertz CT molecular complexity index is 1340. The van der Waals surface area contributed by atoms with Crippen molar-refractivity contribution in [3.05, 3.63) is 78.6 Å². The van der Waals surface area contributed by atoms with Crippen LogP contribution in [0.2, 0.25) is 0 Å². The summed E-state index contributed by atoms with van der Waals surface area (Å²) in [6.07, 6.45) is 10.9. The Labute approximate surface area is 230 Å². The summed E-state index contributed by atoms with van der Waals surface area (Å²) in [5, 5.41) is 4.78. The van der Waals surface area contributed by atoms with Crippen LogP contribution >= 0.6 is 0 Å². The minimum absolute atomic E-state index is 0.687. The number of pyridine rings is 1. The molecule has 2 fully saturated rings. The van der Waals surface area contributed by atoms with Gasteiger partial charge in [0.25, 0.3) is 0 Å². The number of benzene rings is 1. The van der Waals surface area contributed by atoms with E-state index in [2.05, 4.69) is 57.2 Å². The third kappa shape index (κ3) is 6.52. The smallest absolute Gasteiger partial charge is 0.133 e. The van der Waals surface area contributed by atoms with E-state index in [0.717, 1.165) is 86.7 Å². The minimum Gasteiger partial charge on any atom is -0.380 e. The molecule has 8 nitrogen and oxygen atoms in total.